The molecule has 1 saturated heterocycles. The van der Waals surface area contributed by atoms with E-state index in [1.807, 2.05) is 13.8 Å². The van der Waals surface area contributed by atoms with Crippen LogP contribution in [-0.4, -0.2) is 42.4 Å². The molecule has 1 aliphatic heterocycles. The molecular formula is C23H31N3O3. The van der Waals surface area contributed by atoms with Gasteiger partial charge in [-0.1, -0.05) is 18.2 Å². The maximum absolute atomic E-state index is 12.5. The van der Waals surface area contributed by atoms with Crippen molar-refractivity contribution in [1.29, 1.82) is 0 Å². The van der Waals surface area contributed by atoms with E-state index < -0.39 is 0 Å². The van der Waals surface area contributed by atoms with Gasteiger partial charge in [-0.2, -0.15) is 0 Å². The van der Waals surface area contributed by atoms with Gasteiger partial charge in [0.1, 0.15) is 0 Å². The van der Waals surface area contributed by atoms with E-state index in [0.29, 0.717) is 12.3 Å². The van der Waals surface area contributed by atoms with Gasteiger partial charge in [0, 0.05) is 24.7 Å². The first-order valence-corrected chi connectivity index (χ1v) is 10.3. The van der Waals surface area contributed by atoms with Gasteiger partial charge in [-0.3, -0.25) is 14.5 Å². The monoisotopic (exact) mass is 397 g/mol. The molecule has 2 aromatic rings. The van der Waals surface area contributed by atoms with Crippen LogP contribution in [0.2, 0.25) is 0 Å². The van der Waals surface area contributed by atoms with E-state index in [1.165, 1.54) is 17.4 Å². The summed E-state index contributed by atoms with van der Waals surface area (Å²) >= 11 is 0. The summed E-state index contributed by atoms with van der Waals surface area (Å²) in [6, 6.07) is 8.18. The number of rotatable bonds is 6. The Bertz CT molecular complexity index is 866. The van der Waals surface area contributed by atoms with Crippen LogP contribution in [0.25, 0.3) is 0 Å². The smallest absolute Gasteiger partial charge is 0.287 e. The normalized spacial score (nSPS) is 16.4. The van der Waals surface area contributed by atoms with Crippen molar-refractivity contribution >= 4 is 11.8 Å². The molecule has 1 aliphatic rings. The van der Waals surface area contributed by atoms with Crippen LogP contribution in [0.4, 0.5) is 0 Å². The van der Waals surface area contributed by atoms with Crippen LogP contribution in [0.1, 0.15) is 58.6 Å². The predicted octanol–water partition coefficient (Wildman–Crippen LogP) is 3.28. The van der Waals surface area contributed by atoms with E-state index in [9.17, 15) is 9.59 Å². The lowest BCUT2D eigenvalue weighted by Crippen LogP contribution is -2.47. The van der Waals surface area contributed by atoms with E-state index >= 15 is 0 Å². The zero-order chi connectivity index (χ0) is 21.0. The molecule has 2 amide bonds. The molecule has 6 nitrogen and oxygen atoms in total. The summed E-state index contributed by atoms with van der Waals surface area (Å²) < 4.78 is 5.25. The number of aryl methyl sites for hydroxylation is 3. The fraction of sp³-hybridized carbons (Fsp3) is 0.478. The van der Waals surface area contributed by atoms with Gasteiger partial charge in [0.15, 0.2) is 5.76 Å². The lowest BCUT2D eigenvalue weighted by atomic mass is 10.0. The Labute approximate surface area is 172 Å². The highest BCUT2D eigenvalue weighted by Gasteiger charge is 2.24. The van der Waals surface area contributed by atoms with Crippen LogP contribution in [-0.2, 0) is 4.79 Å². The van der Waals surface area contributed by atoms with E-state index in [1.54, 1.807) is 6.07 Å². The Morgan fingerprint density at radius 1 is 1.10 bits per heavy atom. The first-order valence-electron chi connectivity index (χ1n) is 10.3. The summed E-state index contributed by atoms with van der Waals surface area (Å²) in [4.78, 5) is 26.9. The van der Waals surface area contributed by atoms with Gasteiger partial charge in [0.25, 0.3) is 5.91 Å². The van der Waals surface area contributed by atoms with Gasteiger partial charge >= 0.3 is 0 Å². The standard InChI is InChI=1S/C23H31N3O3/c1-15-5-6-19(13-17(15)3)18(4)24-21(27)14-26-10-7-20(8-11-26)25-23(28)22-16(2)9-12-29-22/h5-6,9,12-13,18,20H,7-8,10-11,14H2,1-4H3,(H,24,27)(H,25,28). The van der Waals surface area contributed by atoms with Crippen LogP contribution in [0.5, 0.6) is 0 Å². The number of benzene rings is 1. The highest BCUT2D eigenvalue weighted by Crippen LogP contribution is 2.17. The number of hydrogen-bond acceptors (Lipinski definition) is 4. The summed E-state index contributed by atoms with van der Waals surface area (Å²) in [6.07, 6.45) is 3.18. The van der Waals surface area contributed by atoms with Gasteiger partial charge in [0.2, 0.25) is 5.91 Å². The molecule has 0 aliphatic carbocycles. The van der Waals surface area contributed by atoms with Crippen LogP contribution in [0, 0.1) is 20.8 Å². The topological polar surface area (TPSA) is 74.6 Å². The second-order valence-electron chi connectivity index (χ2n) is 8.09. The lowest BCUT2D eigenvalue weighted by Gasteiger charge is -2.32. The minimum Gasteiger partial charge on any atom is -0.459 e. The van der Waals surface area contributed by atoms with Crippen molar-refractivity contribution in [3.63, 3.8) is 0 Å². The molecular weight excluding hydrogens is 366 g/mol. The third kappa shape index (κ3) is 5.48. The van der Waals surface area contributed by atoms with Crippen LogP contribution in [0.3, 0.4) is 0 Å². The number of piperidine rings is 1. The predicted molar refractivity (Wildman–Crippen MR) is 113 cm³/mol. The van der Waals surface area contributed by atoms with E-state index in [2.05, 4.69) is 47.6 Å². The van der Waals surface area contributed by atoms with E-state index in [4.69, 9.17) is 4.42 Å². The average molecular weight is 398 g/mol. The summed E-state index contributed by atoms with van der Waals surface area (Å²) in [5.41, 5.74) is 4.45. The number of likely N-dealkylation sites (tertiary alicyclic amines) is 1. The quantitative estimate of drug-likeness (QED) is 0.785. The molecule has 2 heterocycles. The van der Waals surface area contributed by atoms with Crippen molar-refractivity contribution in [3.05, 3.63) is 58.5 Å². The zero-order valence-corrected chi connectivity index (χ0v) is 17.7. The largest absolute Gasteiger partial charge is 0.459 e. The van der Waals surface area contributed by atoms with E-state index in [-0.39, 0.29) is 23.9 Å². The highest BCUT2D eigenvalue weighted by atomic mass is 16.3. The molecule has 1 atom stereocenters. The van der Waals surface area contributed by atoms with Gasteiger partial charge in [-0.25, -0.2) is 0 Å². The lowest BCUT2D eigenvalue weighted by molar-refractivity contribution is -0.123. The van der Waals surface area contributed by atoms with E-state index in [0.717, 1.165) is 37.1 Å². The summed E-state index contributed by atoms with van der Waals surface area (Å²) in [5, 5.41) is 6.14. The minimum absolute atomic E-state index is 0.0184. The summed E-state index contributed by atoms with van der Waals surface area (Å²) in [5.74, 6) is 0.252. The van der Waals surface area contributed by atoms with Gasteiger partial charge in [-0.15, -0.1) is 0 Å². The molecule has 1 unspecified atom stereocenters. The van der Waals surface area contributed by atoms with Crippen molar-refractivity contribution in [1.82, 2.24) is 15.5 Å². The fourth-order valence-corrected chi connectivity index (χ4v) is 3.70. The van der Waals surface area contributed by atoms with Gasteiger partial charge < -0.3 is 15.1 Å². The second kappa shape index (κ2) is 9.27. The number of carbonyl (C=O) groups excluding carboxylic acids is 2. The molecule has 0 bridgehead atoms. The van der Waals surface area contributed by atoms with Crippen molar-refractivity contribution in [3.8, 4) is 0 Å². The highest BCUT2D eigenvalue weighted by molar-refractivity contribution is 5.93. The summed E-state index contributed by atoms with van der Waals surface area (Å²) in [6.45, 7) is 10.0. The molecule has 29 heavy (non-hydrogen) atoms. The van der Waals surface area contributed by atoms with Crippen molar-refractivity contribution in [2.24, 2.45) is 0 Å². The van der Waals surface area contributed by atoms with Crippen molar-refractivity contribution in [2.45, 2.75) is 52.6 Å². The zero-order valence-electron chi connectivity index (χ0n) is 17.7. The van der Waals surface area contributed by atoms with Crippen molar-refractivity contribution < 1.29 is 14.0 Å². The molecule has 6 heteroatoms. The van der Waals surface area contributed by atoms with Crippen LogP contribution in [0.15, 0.2) is 34.9 Å². The maximum Gasteiger partial charge on any atom is 0.287 e. The Morgan fingerprint density at radius 3 is 2.45 bits per heavy atom. The summed E-state index contributed by atoms with van der Waals surface area (Å²) in [7, 11) is 0. The number of hydrogen-bond donors (Lipinski definition) is 2. The Kier molecular flexibility index (Phi) is 6.75. The molecule has 0 radical (unpaired) electrons. The number of carbonyl (C=O) groups is 2. The van der Waals surface area contributed by atoms with Gasteiger partial charge in [0.05, 0.1) is 18.8 Å². The number of amides is 2. The number of furan rings is 1. The average Bonchev–Trinajstić information content (AvgIpc) is 3.11. The molecule has 2 N–H and O–H groups in total. The maximum atomic E-state index is 12.5. The first-order chi connectivity index (χ1) is 13.8. The second-order valence-corrected chi connectivity index (χ2v) is 8.09. The number of nitrogens with zero attached hydrogens (tertiary/aromatic N) is 1. The number of nitrogens with one attached hydrogen (secondary N) is 2. The molecule has 0 saturated carbocycles. The molecule has 156 valence electrons. The first kappa shape index (κ1) is 21.1. The SMILES string of the molecule is Cc1ccc(C(C)NC(=O)CN2CCC(NC(=O)c3occc3C)CC2)cc1C. The van der Waals surface area contributed by atoms with Crippen molar-refractivity contribution in [2.75, 3.05) is 19.6 Å². The molecule has 1 aromatic heterocycles. The molecule has 1 fully saturated rings. The van der Waals surface area contributed by atoms with Crippen LogP contribution < -0.4 is 10.6 Å². The Morgan fingerprint density at radius 2 is 1.83 bits per heavy atom. The molecule has 3 rings (SSSR count). The fourth-order valence-electron chi connectivity index (χ4n) is 3.70. The molecule has 1 aromatic carbocycles. The Balaban J connectivity index is 1.43. The van der Waals surface area contributed by atoms with Gasteiger partial charge in [-0.05, 0) is 63.3 Å². The third-order valence-electron chi connectivity index (χ3n) is 5.77. The molecule has 0 spiro atoms. The van der Waals surface area contributed by atoms with Crippen LogP contribution >= 0.6 is 0 Å². The third-order valence-corrected chi connectivity index (χ3v) is 5.77. The minimum atomic E-state index is -0.161. The Hall–Kier alpha value is -2.60.